The zero-order chi connectivity index (χ0) is 37.0. The molecule has 15 heteroatoms. The van der Waals surface area contributed by atoms with Gasteiger partial charge in [0.2, 0.25) is 0 Å². The number of nitrogen functional groups attached to an aromatic ring is 1. The minimum Gasteiger partial charge on any atom is -0.480 e. The molecule has 0 radical (unpaired) electrons. The number of carboxylic acid groups (broad SMARTS) is 1. The van der Waals surface area contributed by atoms with Crippen molar-refractivity contribution in [2.75, 3.05) is 30.7 Å². The Labute approximate surface area is 302 Å². The lowest BCUT2D eigenvalue weighted by atomic mass is 9.89. The van der Waals surface area contributed by atoms with Crippen LogP contribution in [-0.4, -0.2) is 62.2 Å². The van der Waals surface area contributed by atoms with Crippen LogP contribution in [0.15, 0.2) is 85.2 Å². The summed E-state index contributed by atoms with van der Waals surface area (Å²) in [4.78, 5) is 35.3. The molecule has 52 heavy (non-hydrogen) atoms. The standard InChI is InChI=1S/C23H19ClF3N5O2.C14H19N3O/c24-16-9-14(8-15(19(16)28)23(25,26)27)10-22(29,21(33)34)20-31-17-5-1-2-6-18(17)32(20)12-13-4-3-7-30-11-13;18-14-16-13-4-2-1-3-11(13)7-10-17(14)12-5-8-15-9-6-12/h1-9,11H,10,12,28-29H2,(H,33,34);1-4,12,15H,5-10H2,(H,16,18). The SMILES string of the molecule is Nc1c(Cl)cc(CC(N)(C(=O)O)c2nc3ccccc3n2Cc2cccnc2)cc1C(F)(F)F.O=C1Nc2ccccc2CCN1C1CCNCC1. The molecular formula is C37H38ClF3N8O3. The predicted molar refractivity (Wildman–Crippen MR) is 193 cm³/mol. The molecule has 1 fully saturated rings. The zero-order valence-corrected chi connectivity index (χ0v) is 28.8. The molecule has 11 nitrogen and oxygen atoms in total. The lowest BCUT2D eigenvalue weighted by Crippen LogP contribution is -2.49. The number of carbonyl (C=O) groups is 2. The Morgan fingerprint density at radius 1 is 1.02 bits per heavy atom. The number of anilines is 2. The van der Waals surface area contributed by atoms with Crippen molar-refractivity contribution in [3.05, 3.63) is 118 Å². The van der Waals surface area contributed by atoms with Gasteiger partial charge in [-0.2, -0.15) is 13.2 Å². The van der Waals surface area contributed by atoms with Crippen molar-refractivity contribution < 1.29 is 27.9 Å². The van der Waals surface area contributed by atoms with Gasteiger partial charge >= 0.3 is 18.2 Å². The fourth-order valence-electron chi connectivity index (χ4n) is 6.69. The molecule has 3 aromatic carbocycles. The third-order valence-electron chi connectivity index (χ3n) is 9.37. The van der Waals surface area contributed by atoms with E-state index in [1.54, 1.807) is 53.4 Å². The number of amides is 2. The number of para-hydroxylation sites is 3. The molecule has 1 atom stereocenters. The molecule has 0 spiro atoms. The summed E-state index contributed by atoms with van der Waals surface area (Å²) in [5.41, 5.74) is 12.0. The number of urea groups is 1. The maximum absolute atomic E-state index is 13.5. The fraction of sp³-hybridized carbons (Fsp3) is 0.297. The number of hydrogen-bond donors (Lipinski definition) is 5. The van der Waals surface area contributed by atoms with E-state index in [2.05, 4.69) is 26.7 Å². The van der Waals surface area contributed by atoms with Crippen LogP contribution < -0.4 is 22.1 Å². The highest BCUT2D eigenvalue weighted by Gasteiger charge is 2.43. The third kappa shape index (κ3) is 7.83. The number of aliphatic carboxylic acids is 1. The van der Waals surface area contributed by atoms with Crippen LogP contribution in [0, 0.1) is 0 Å². The van der Waals surface area contributed by atoms with Crippen LogP contribution in [0.25, 0.3) is 11.0 Å². The molecule has 2 aromatic heterocycles. The molecule has 5 aromatic rings. The maximum atomic E-state index is 13.5. The first-order chi connectivity index (χ1) is 24.8. The summed E-state index contributed by atoms with van der Waals surface area (Å²) in [5.74, 6) is -1.48. The summed E-state index contributed by atoms with van der Waals surface area (Å²) in [5, 5.41) is 16.2. The first kappa shape index (κ1) is 36.6. The Hall–Kier alpha value is -5.18. The zero-order valence-electron chi connectivity index (χ0n) is 28.0. The number of aromatic nitrogens is 3. The molecule has 272 valence electrons. The number of benzene rings is 3. The molecule has 7 rings (SSSR count). The van der Waals surface area contributed by atoms with Crippen molar-refractivity contribution in [1.82, 2.24) is 24.8 Å². The lowest BCUT2D eigenvalue weighted by Gasteiger charge is -2.33. The predicted octanol–water partition coefficient (Wildman–Crippen LogP) is 6.04. The Kier molecular flexibility index (Phi) is 10.7. The van der Waals surface area contributed by atoms with Gasteiger partial charge in [0, 0.05) is 37.1 Å². The van der Waals surface area contributed by atoms with E-state index >= 15 is 0 Å². The second kappa shape index (κ2) is 15.2. The smallest absolute Gasteiger partial charge is 0.418 e. The minimum absolute atomic E-state index is 0.0217. The first-order valence-corrected chi connectivity index (χ1v) is 17.1. The van der Waals surface area contributed by atoms with Crippen LogP contribution in [0.2, 0.25) is 5.02 Å². The molecule has 7 N–H and O–H groups in total. The number of pyridine rings is 1. The molecular weight excluding hydrogens is 697 g/mol. The summed E-state index contributed by atoms with van der Waals surface area (Å²) in [6.45, 7) is 3.06. The van der Waals surface area contributed by atoms with E-state index in [-0.39, 0.29) is 29.0 Å². The average Bonchev–Trinajstić information content (AvgIpc) is 3.40. The van der Waals surface area contributed by atoms with Gasteiger partial charge in [-0.3, -0.25) is 4.98 Å². The minimum atomic E-state index is -4.78. The normalized spacial score (nSPS) is 16.2. The van der Waals surface area contributed by atoms with E-state index in [9.17, 15) is 27.9 Å². The van der Waals surface area contributed by atoms with E-state index in [1.165, 1.54) is 11.6 Å². The number of alkyl halides is 3. The van der Waals surface area contributed by atoms with Crippen LogP contribution in [0.4, 0.5) is 29.3 Å². The highest BCUT2D eigenvalue weighted by Crippen LogP contribution is 2.39. The topological polar surface area (TPSA) is 164 Å². The van der Waals surface area contributed by atoms with Gasteiger partial charge in [-0.25, -0.2) is 14.6 Å². The average molecular weight is 735 g/mol. The van der Waals surface area contributed by atoms with Gasteiger partial charge in [0.1, 0.15) is 5.82 Å². The van der Waals surface area contributed by atoms with Gasteiger partial charge in [0.15, 0.2) is 5.54 Å². The summed E-state index contributed by atoms with van der Waals surface area (Å²) in [6, 6.07) is 21.0. The van der Waals surface area contributed by atoms with E-state index in [0.29, 0.717) is 17.1 Å². The Morgan fingerprint density at radius 3 is 2.46 bits per heavy atom. The first-order valence-electron chi connectivity index (χ1n) is 16.7. The number of hydrogen-bond acceptors (Lipinski definition) is 7. The number of imidazole rings is 1. The van der Waals surface area contributed by atoms with E-state index in [4.69, 9.17) is 23.1 Å². The van der Waals surface area contributed by atoms with E-state index in [1.807, 2.05) is 23.1 Å². The van der Waals surface area contributed by atoms with Gasteiger partial charge in [0.05, 0.1) is 33.9 Å². The van der Waals surface area contributed by atoms with Gasteiger partial charge < -0.3 is 36.7 Å². The van der Waals surface area contributed by atoms with Gasteiger partial charge in [-0.05, 0) is 85.4 Å². The lowest BCUT2D eigenvalue weighted by molar-refractivity contribution is -0.144. The summed E-state index contributed by atoms with van der Waals surface area (Å²) >= 11 is 5.94. The molecule has 1 unspecified atom stereocenters. The van der Waals surface area contributed by atoms with Gasteiger partial charge in [-0.15, -0.1) is 0 Å². The van der Waals surface area contributed by atoms with Crippen LogP contribution >= 0.6 is 11.6 Å². The maximum Gasteiger partial charge on any atom is 0.418 e. The number of rotatable bonds is 7. The second-order valence-corrected chi connectivity index (χ2v) is 13.3. The number of piperidine rings is 1. The summed E-state index contributed by atoms with van der Waals surface area (Å²) < 4.78 is 42.0. The van der Waals surface area contributed by atoms with Crippen LogP contribution in [0.1, 0.15) is 40.9 Å². The Balaban J connectivity index is 0.000000215. The quantitative estimate of drug-likeness (QED) is 0.126. The van der Waals surface area contributed by atoms with Crippen molar-refractivity contribution >= 4 is 46.0 Å². The largest absolute Gasteiger partial charge is 0.480 e. The molecule has 0 saturated carbocycles. The molecule has 0 aliphatic carbocycles. The third-order valence-corrected chi connectivity index (χ3v) is 9.68. The monoisotopic (exact) mass is 734 g/mol. The van der Waals surface area contributed by atoms with Crippen molar-refractivity contribution in [3.63, 3.8) is 0 Å². The number of halogens is 4. The van der Waals surface area contributed by atoms with Gasteiger partial charge in [-0.1, -0.05) is 48.0 Å². The summed E-state index contributed by atoms with van der Waals surface area (Å²) in [6.07, 6.45) is 0.989. The Morgan fingerprint density at radius 2 is 1.75 bits per heavy atom. The number of carboxylic acids is 1. The van der Waals surface area contributed by atoms with Crippen molar-refractivity contribution in [2.45, 2.75) is 50.0 Å². The second-order valence-electron chi connectivity index (χ2n) is 12.9. The van der Waals surface area contributed by atoms with Crippen molar-refractivity contribution in [1.29, 1.82) is 0 Å². The highest BCUT2D eigenvalue weighted by molar-refractivity contribution is 6.33. The number of nitrogens with two attached hydrogens (primary N) is 2. The van der Waals surface area contributed by atoms with Gasteiger partial charge in [0.25, 0.3) is 0 Å². The van der Waals surface area contributed by atoms with Crippen LogP contribution in [0.3, 0.4) is 0 Å². The highest BCUT2D eigenvalue weighted by atomic mass is 35.5. The fourth-order valence-corrected chi connectivity index (χ4v) is 6.93. The molecule has 1 saturated heterocycles. The van der Waals surface area contributed by atoms with E-state index < -0.39 is 35.4 Å². The van der Waals surface area contributed by atoms with Crippen LogP contribution in [-0.2, 0) is 35.9 Å². The molecule has 2 amide bonds. The molecule has 2 aliphatic rings. The molecule has 2 aliphatic heterocycles. The Bertz CT molecular complexity index is 2070. The molecule has 4 heterocycles. The number of carbonyl (C=O) groups excluding carboxylic acids is 1. The van der Waals surface area contributed by atoms with Crippen molar-refractivity contribution in [3.8, 4) is 0 Å². The van der Waals surface area contributed by atoms with E-state index in [0.717, 1.165) is 56.2 Å². The number of fused-ring (bicyclic) bond motifs is 2. The van der Waals surface area contributed by atoms with Crippen LogP contribution in [0.5, 0.6) is 0 Å². The molecule has 0 bridgehead atoms. The number of nitrogens with zero attached hydrogens (tertiary/aromatic N) is 4. The number of nitrogens with one attached hydrogen (secondary N) is 2. The summed E-state index contributed by atoms with van der Waals surface area (Å²) in [7, 11) is 0. The van der Waals surface area contributed by atoms with Crippen molar-refractivity contribution in [2.24, 2.45) is 5.73 Å².